The van der Waals surface area contributed by atoms with Crippen molar-refractivity contribution in [3.8, 4) is 0 Å². The van der Waals surface area contributed by atoms with Crippen LogP contribution in [0.2, 0.25) is 0 Å². The molecule has 0 aliphatic heterocycles. The molecule has 0 radical (unpaired) electrons. The summed E-state index contributed by atoms with van der Waals surface area (Å²) < 4.78 is 0. The zero-order chi connectivity index (χ0) is 19.9. The molecule has 7 atom stereocenters. The van der Waals surface area contributed by atoms with Gasteiger partial charge in [0, 0.05) is 0 Å². The fourth-order valence-corrected chi connectivity index (χ4v) is 8.16. The Hall–Kier alpha value is -0.560. The van der Waals surface area contributed by atoms with Crippen LogP contribution in [0, 0.1) is 34.5 Å². The second kappa shape index (κ2) is 7.93. The summed E-state index contributed by atoms with van der Waals surface area (Å²) in [5, 5.41) is 10.2. The number of rotatable bonds is 5. The summed E-state index contributed by atoms with van der Waals surface area (Å²) in [6.45, 7) is 9.69. The van der Waals surface area contributed by atoms with Gasteiger partial charge in [0.2, 0.25) is 0 Å². The molecule has 0 heterocycles. The molecular formula is C27H44O. The zero-order valence-electron chi connectivity index (χ0n) is 19.0. The second-order valence-electron chi connectivity index (χ2n) is 11.4. The Morgan fingerprint density at radius 3 is 2.71 bits per heavy atom. The Labute approximate surface area is 174 Å². The molecule has 1 N–H and O–H groups in total. The molecule has 158 valence electrons. The average molecular weight is 385 g/mol. The lowest BCUT2D eigenvalue weighted by atomic mass is 9.47. The summed E-state index contributed by atoms with van der Waals surface area (Å²) in [4.78, 5) is 0. The lowest BCUT2D eigenvalue weighted by Crippen LogP contribution is -2.50. The summed E-state index contributed by atoms with van der Waals surface area (Å²) in [6.07, 6.45) is 20.7. The van der Waals surface area contributed by atoms with Crippen molar-refractivity contribution in [2.45, 2.75) is 111 Å². The fourth-order valence-electron chi connectivity index (χ4n) is 8.16. The van der Waals surface area contributed by atoms with E-state index in [-0.39, 0.29) is 6.10 Å². The predicted molar refractivity (Wildman–Crippen MR) is 119 cm³/mol. The molecule has 3 saturated carbocycles. The molecule has 0 aromatic heterocycles. The Morgan fingerprint density at radius 2 is 1.93 bits per heavy atom. The number of aliphatic hydroxyl groups excluding tert-OH is 1. The molecular weight excluding hydrogens is 340 g/mol. The highest BCUT2D eigenvalue weighted by molar-refractivity contribution is 5.25. The highest BCUT2D eigenvalue weighted by atomic mass is 16.3. The van der Waals surface area contributed by atoms with Crippen molar-refractivity contribution in [3.05, 3.63) is 23.3 Å². The van der Waals surface area contributed by atoms with Crippen LogP contribution in [-0.2, 0) is 0 Å². The lowest BCUT2D eigenvalue weighted by molar-refractivity contribution is -0.0508. The maximum Gasteiger partial charge on any atom is 0.0577 e. The van der Waals surface area contributed by atoms with Crippen molar-refractivity contribution in [2.75, 3.05) is 0 Å². The van der Waals surface area contributed by atoms with Gasteiger partial charge in [0.15, 0.2) is 0 Å². The van der Waals surface area contributed by atoms with Gasteiger partial charge >= 0.3 is 0 Å². The standard InChI is InChI=1S/C27H44O/c1-5-19(2)8-6-7-9-20-11-13-24-23-12-10-21-18-22(28)14-16-27(21,4)25(23)15-17-26(20,24)3/h5,10,20,22-25,28H,6-9,11-18H2,1-4H3/b19-5-. The van der Waals surface area contributed by atoms with Crippen molar-refractivity contribution in [3.63, 3.8) is 0 Å². The van der Waals surface area contributed by atoms with Crippen molar-refractivity contribution < 1.29 is 5.11 Å². The summed E-state index contributed by atoms with van der Waals surface area (Å²) >= 11 is 0. The minimum Gasteiger partial charge on any atom is -0.393 e. The van der Waals surface area contributed by atoms with Crippen LogP contribution in [0.15, 0.2) is 23.3 Å². The van der Waals surface area contributed by atoms with Crippen molar-refractivity contribution in [1.29, 1.82) is 0 Å². The monoisotopic (exact) mass is 384 g/mol. The van der Waals surface area contributed by atoms with Gasteiger partial charge in [0.1, 0.15) is 0 Å². The smallest absolute Gasteiger partial charge is 0.0577 e. The molecule has 0 saturated heterocycles. The predicted octanol–water partition coefficient (Wildman–Crippen LogP) is 7.45. The van der Waals surface area contributed by atoms with E-state index < -0.39 is 0 Å². The topological polar surface area (TPSA) is 20.2 Å². The largest absolute Gasteiger partial charge is 0.393 e. The van der Waals surface area contributed by atoms with E-state index in [9.17, 15) is 5.11 Å². The minimum atomic E-state index is -0.0771. The Bertz CT molecular complexity index is 630. The number of hydrogen-bond donors (Lipinski definition) is 1. The molecule has 3 fully saturated rings. The molecule has 1 nitrogen and oxygen atoms in total. The maximum absolute atomic E-state index is 10.2. The van der Waals surface area contributed by atoms with E-state index in [1.165, 1.54) is 64.2 Å². The third kappa shape index (κ3) is 3.44. The normalized spacial score (nSPS) is 45.8. The highest BCUT2D eigenvalue weighted by Gasteiger charge is 2.58. The number of hydrogen-bond acceptors (Lipinski definition) is 1. The zero-order valence-corrected chi connectivity index (χ0v) is 19.0. The first kappa shape index (κ1) is 20.7. The van der Waals surface area contributed by atoms with Gasteiger partial charge in [-0.1, -0.05) is 43.6 Å². The van der Waals surface area contributed by atoms with Crippen LogP contribution in [0.25, 0.3) is 0 Å². The van der Waals surface area contributed by atoms with Crippen LogP contribution in [0.3, 0.4) is 0 Å². The number of allylic oxidation sites excluding steroid dienone is 3. The first-order valence-electron chi connectivity index (χ1n) is 12.4. The van der Waals surface area contributed by atoms with Gasteiger partial charge in [-0.25, -0.2) is 0 Å². The molecule has 0 aromatic carbocycles. The molecule has 0 amide bonds. The molecule has 1 heteroatoms. The molecule has 4 aliphatic rings. The van der Waals surface area contributed by atoms with Gasteiger partial charge in [-0.3, -0.25) is 0 Å². The number of unbranched alkanes of at least 4 members (excludes halogenated alkanes) is 1. The van der Waals surface area contributed by atoms with Crippen LogP contribution in [0.4, 0.5) is 0 Å². The molecule has 4 aliphatic carbocycles. The van der Waals surface area contributed by atoms with E-state index in [0.29, 0.717) is 10.8 Å². The third-order valence-electron chi connectivity index (χ3n) is 10.1. The summed E-state index contributed by atoms with van der Waals surface area (Å²) in [6, 6.07) is 0. The second-order valence-corrected chi connectivity index (χ2v) is 11.4. The Kier molecular flexibility index (Phi) is 5.87. The van der Waals surface area contributed by atoms with Crippen molar-refractivity contribution in [1.82, 2.24) is 0 Å². The third-order valence-corrected chi connectivity index (χ3v) is 10.1. The highest BCUT2D eigenvalue weighted by Crippen LogP contribution is 2.66. The number of fused-ring (bicyclic) bond motifs is 5. The Balaban J connectivity index is 1.43. The first-order valence-corrected chi connectivity index (χ1v) is 12.4. The molecule has 4 rings (SSSR count). The SMILES string of the molecule is C/C=C(/C)CCCCC1CCC2C3CC=C4CC(O)CCC4(C)C3CCC12C. The van der Waals surface area contributed by atoms with E-state index in [0.717, 1.165) is 36.5 Å². The molecule has 7 unspecified atom stereocenters. The van der Waals surface area contributed by atoms with Crippen molar-refractivity contribution >= 4 is 0 Å². The van der Waals surface area contributed by atoms with Crippen molar-refractivity contribution in [2.24, 2.45) is 34.5 Å². The average Bonchev–Trinajstić information content (AvgIpc) is 3.02. The van der Waals surface area contributed by atoms with Gasteiger partial charge in [-0.15, -0.1) is 0 Å². The first-order chi connectivity index (χ1) is 13.4. The van der Waals surface area contributed by atoms with Crippen LogP contribution >= 0.6 is 0 Å². The molecule has 28 heavy (non-hydrogen) atoms. The van der Waals surface area contributed by atoms with Crippen LogP contribution in [0.1, 0.15) is 105 Å². The van der Waals surface area contributed by atoms with Crippen LogP contribution < -0.4 is 0 Å². The number of aliphatic hydroxyl groups is 1. The summed E-state index contributed by atoms with van der Waals surface area (Å²) in [5.74, 6) is 3.72. The molecule has 0 spiro atoms. The van der Waals surface area contributed by atoms with Crippen LogP contribution in [0.5, 0.6) is 0 Å². The van der Waals surface area contributed by atoms with E-state index in [2.05, 4.69) is 39.8 Å². The van der Waals surface area contributed by atoms with Gasteiger partial charge in [0.25, 0.3) is 0 Å². The van der Waals surface area contributed by atoms with Crippen LogP contribution in [-0.4, -0.2) is 11.2 Å². The van der Waals surface area contributed by atoms with E-state index in [1.54, 1.807) is 11.1 Å². The summed E-state index contributed by atoms with van der Waals surface area (Å²) in [5.41, 5.74) is 4.18. The quantitative estimate of drug-likeness (QED) is 0.385. The molecule has 0 aromatic rings. The Morgan fingerprint density at radius 1 is 1.11 bits per heavy atom. The van der Waals surface area contributed by atoms with E-state index >= 15 is 0 Å². The van der Waals surface area contributed by atoms with E-state index in [1.807, 2.05) is 0 Å². The van der Waals surface area contributed by atoms with Gasteiger partial charge in [0.05, 0.1) is 6.10 Å². The van der Waals surface area contributed by atoms with Gasteiger partial charge < -0.3 is 5.11 Å². The van der Waals surface area contributed by atoms with Gasteiger partial charge in [-0.2, -0.15) is 0 Å². The minimum absolute atomic E-state index is 0.0771. The lowest BCUT2D eigenvalue weighted by Gasteiger charge is -2.58. The summed E-state index contributed by atoms with van der Waals surface area (Å²) in [7, 11) is 0. The maximum atomic E-state index is 10.2. The van der Waals surface area contributed by atoms with E-state index in [4.69, 9.17) is 0 Å². The molecule has 0 bridgehead atoms. The van der Waals surface area contributed by atoms with Gasteiger partial charge in [-0.05, 0) is 119 Å². The fraction of sp³-hybridized carbons (Fsp3) is 0.852.